The summed E-state index contributed by atoms with van der Waals surface area (Å²) in [4.78, 5) is 21.2. The third-order valence-corrected chi connectivity index (χ3v) is 6.91. The van der Waals surface area contributed by atoms with Gasteiger partial charge < -0.3 is 9.84 Å². The second kappa shape index (κ2) is 13.0. The highest BCUT2D eigenvalue weighted by atomic mass is 16.5. The Hall–Kier alpha value is -4.92. The number of aromatic nitrogens is 6. The molecule has 0 unspecified atom stereocenters. The molecule has 0 amide bonds. The van der Waals surface area contributed by atoms with Gasteiger partial charge in [-0.2, -0.15) is 4.98 Å². The number of aromatic amines is 1. The molecule has 2 N–H and O–H groups in total. The summed E-state index contributed by atoms with van der Waals surface area (Å²) in [5.41, 5.74) is 6.93. The van der Waals surface area contributed by atoms with Crippen LogP contribution in [0.5, 0.6) is 5.88 Å². The molecule has 0 aliphatic heterocycles. The van der Waals surface area contributed by atoms with Crippen LogP contribution in [0.4, 0.5) is 0 Å². The fourth-order valence-corrected chi connectivity index (χ4v) is 4.76. The van der Waals surface area contributed by atoms with Gasteiger partial charge in [0.05, 0.1) is 11.3 Å². The first-order valence-electron chi connectivity index (χ1n) is 13.8. The molecule has 9 heteroatoms. The smallest absolute Gasteiger partial charge is 0.335 e. The van der Waals surface area contributed by atoms with E-state index in [1.165, 1.54) is 0 Å². The first-order chi connectivity index (χ1) is 20.1. The van der Waals surface area contributed by atoms with Crippen molar-refractivity contribution in [1.29, 1.82) is 0 Å². The van der Waals surface area contributed by atoms with E-state index in [4.69, 9.17) is 14.7 Å². The third kappa shape index (κ3) is 6.63. The van der Waals surface area contributed by atoms with Crippen LogP contribution in [0.3, 0.4) is 0 Å². The molecule has 208 valence electrons. The second-order valence-electron chi connectivity index (χ2n) is 9.79. The number of carbonyl (C=O) groups is 1. The van der Waals surface area contributed by atoms with Gasteiger partial charge in [-0.1, -0.05) is 80.9 Å². The van der Waals surface area contributed by atoms with Crippen LogP contribution in [0.15, 0.2) is 72.8 Å². The average Bonchev–Trinajstić information content (AvgIpc) is 3.55. The average molecular weight is 549 g/mol. The molecule has 9 nitrogen and oxygen atoms in total. The molecule has 0 saturated carbocycles. The highest BCUT2D eigenvalue weighted by Gasteiger charge is 2.17. The summed E-state index contributed by atoms with van der Waals surface area (Å²) in [6.07, 6.45) is 4.03. The number of aryl methyl sites for hydroxylation is 2. The van der Waals surface area contributed by atoms with Gasteiger partial charge in [-0.25, -0.2) is 14.9 Å². The van der Waals surface area contributed by atoms with E-state index in [-0.39, 0.29) is 5.56 Å². The maximum atomic E-state index is 11.5. The van der Waals surface area contributed by atoms with E-state index in [1.807, 2.05) is 42.5 Å². The predicted octanol–water partition coefficient (Wildman–Crippen LogP) is 6.10. The Bertz CT molecular complexity index is 1620. The lowest BCUT2D eigenvalue weighted by Gasteiger charge is -2.16. The van der Waals surface area contributed by atoms with E-state index in [9.17, 15) is 9.90 Å². The number of H-pyrrole nitrogens is 1. The molecule has 2 aromatic heterocycles. The number of tetrazole rings is 1. The van der Waals surface area contributed by atoms with E-state index in [0.29, 0.717) is 24.7 Å². The van der Waals surface area contributed by atoms with Gasteiger partial charge in [0, 0.05) is 24.0 Å². The van der Waals surface area contributed by atoms with Crippen molar-refractivity contribution in [2.24, 2.45) is 0 Å². The summed E-state index contributed by atoms with van der Waals surface area (Å²) in [6.45, 7) is 4.55. The molecular weight excluding hydrogens is 516 g/mol. The fourth-order valence-electron chi connectivity index (χ4n) is 4.76. The van der Waals surface area contributed by atoms with E-state index in [1.54, 1.807) is 18.2 Å². The van der Waals surface area contributed by atoms with Crippen molar-refractivity contribution in [2.75, 3.05) is 0 Å². The standard InChI is InChI=1S/C32H32N6O3/c1-3-5-13-29-33-28(4-2)27(19-22-9-8-10-24(18-22)32(39)40)31(34-29)41-20-21-14-16-23(17-15-21)25-11-6-7-12-26(25)30-35-37-38-36-30/h6-12,14-18H,3-5,13,19-20H2,1-2H3,(H,39,40)(H,35,36,37,38). The van der Waals surface area contributed by atoms with E-state index < -0.39 is 5.97 Å². The Morgan fingerprint density at radius 1 is 0.927 bits per heavy atom. The number of aromatic carboxylic acids is 1. The SMILES string of the molecule is CCCCc1nc(CC)c(Cc2cccc(C(=O)O)c2)c(OCc2ccc(-c3ccccc3-c3nnn[nH]3)cc2)n1. The van der Waals surface area contributed by atoms with Crippen molar-refractivity contribution >= 4 is 5.97 Å². The Kier molecular flexibility index (Phi) is 8.73. The highest BCUT2D eigenvalue weighted by molar-refractivity contribution is 5.87. The molecule has 0 saturated heterocycles. The number of unbranched alkanes of at least 4 members (excludes halogenated alkanes) is 1. The summed E-state index contributed by atoms with van der Waals surface area (Å²) in [7, 11) is 0. The molecule has 0 bridgehead atoms. The molecule has 3 aromatic carbocycles. The van der Waals surface area contributed by atoms with E-state index in [0.717, 1.165) is 70.6 Å². The zero-order valence-corrected chi connectivity index (χ0v) is 23.2. The van der Waals surface area contributed by atoms with Gasteiger partial charge in [0.1, 0.15) is 12.4 Å². The number of ether oxygens (including phenoxy) is 1. The van der Waals surface area contributed by atoms with Crippen LogP contribution in [0.1, 0.15) is 65.3 Å². The first-order valence-corrected chi connectivity index (χ1v) is 13.8. The summed E-state index contributed by atoms with van der Waals surface area (Å²) in [6, 6.07) is 23.2. The van der Waals surface area contributed by atoms with Gasteiger partial charge in [-0.05, 0) is 57.7 Å². The highest BCUT2D eigenvalue weighted by Crippen LogP contribution is 2.30. The van der Waals surface area contributed by atoms with Crippen molar-refractivity contribution in [3.05, 3.63) is 107 Å². The molecule has 0 atom stereocenters. The molecule has 0 aliphatic rings. The minimum Gasteiger partial charge on any atom is -0.478 e. The number of carboxylic acids is 1. The van der Waals surface area contributed by atoms with Crippen molar-refractivity contribution < 1.29 is 14.6 Å². The summed E-state index contributed by atoms with van der Waals surface area (Å²) >= 11 is 0. The number of carboxylic acid groups (broad SMARTS) is 1. The number of nitrogens with one attached hydrogen (secondary N) is 1. The maximum absolute atomic E-state index is 11.5. The summed E-state index contributed by atoms with van der Waals surface area (Å²) in [5, 5.41) is 23.8. The Labute approximate surface area is 238 Å². The van der Waals surface area contributed by atoms with Gasteiger partial charge >= 0.3 is 5.97 Å². The molecule has 0 aliphatic carbocycles. The topological polar surface area (TPSA) is 127 Å². The Balaban J connectivity index is 1.41. The number of hydrogen-bond donors (Lipinski definition) is 2. The van der Waals surface area contributed by atoms with Crippen LogP contribution < -0.4 is 4.74 Å². The maximum Gasteiger partial charge on any atom is 0.335 e. The Morgan fingerprint density at radius 2 is 1.73 bits per heavy atom. The van der Waals surface area contributed by atoms with Crippen molar-refractivity contribution in [2.45, 2.75) is 52.6 Å². The van der Waals surface area contributed by atoms with Crippen molar-refractivity contribution in [1.82, 2.24) is 30.6 Å². The van der Waals surface area contributed by atoms with E-state index in [2.05, 4.69) is 46.6 Å². The zero-order chi connectivity index (χ0) is 28.6. The Morgan fingerprint density at radius 3 is 2.44 bits per heavy atom. The van der Waals surface area contributed by atoms with Gasteiger partial charge in [0.2, 0.25) is 5.88 Å². The molecule has 0 spiro atoms. The van der Waals surface area contributed by atoms with Crippen LogP contribution >= 0.6 is 0 Å². The van der Waals surface area contributed by atoms with Crippen LogP contribution in [-0.2, 0) is 25.9 Å². The molecule has 5 aromatic rings. The largest absolute Gasteiger partial charge is 0.478 e. The monoisotopic (exact) mass is 548 g/mol. The van der Waals surface area contributed by atoms with Crippen LogP contribution in [0.2, 0.25) is 0 Å². The summed E-state index contributed by atoms with van der Waals surface area (Å²) < 4.78 is 6.37. The molecule has 41 heavy (non-hydrogen) atoms. The number of benzene rings is 3. The summed E-state index contributed by atoms with van der Waals surface area (Å²) in [5.74, 6) is 0.990. The van der Waals surface area contributed by atoms with Crippen LogP contribution in [0.25, 0.3) is 22.5 Å². The number of nitrogens with zero attached hydrogens (tertiary/aromatic N) is 5. The lowest BCUT2D eigenvalue weighted by Crippen LogP contribution is -2.10. The molecular formula is C32H32N6O3. The minimum absolute atomic E-state index is 0.254. The minimum atomic E-state index is -0.950. The first kappa shape index (κ1) is 27.6. The quantitative estimate of drug-likeness (QED) is 0.192. The second-order valence-corrected chi connectivity index (χ2v) is 9.79. The number of hydrogen-bond acceptors (Lipinski definition) is 7. The van der Waals surface area contributed by atoms with Crippen molar-refractivity contribution in [3.63, 3.8) is 0 Å². The fraction of sp³-hybridized carbons (Fsp3) is 0.250. The molecule has 5 rings (SSSR count). The van der Waals surface area contributed by atoms with Crippen LogP contribution in [0, 0.1) is 0 Å². The van der Waals surface area contributed by atoms with Crippen molar-refractivity contribution in [3.8, 4) is 28.4 Å². The zero-order valence-electron chi connectivity index (χ0n) is 23.2. The number of rotatable bonds is 12. The molecule has 2 heterocycles. The molecule has 0 radical (unpaired) electrons. The van der Waals surface area contributed by atoms with Gasteiger partial charge in [0.15, 0.2) is 5.82 Å². The van der Waals surface area contributed by atoms with Crippen LogP contribution in [-0.4, -0.2) is 41.7 Å². The van der Waals surface area contributed by atoms with E-state index >= 15 is 0 Å². The van der Waals surface area contributed by atoms with Gasteiger partial charge in [0.25, 0.3) is 0 Å². The predicted molar refractivity (Wildman–Crippen MR) is 156 cm³/mol. The van der Waals surface area contributed by atoms with Gasteiger partial charge in [-0.3, -0.25) is 0 Å². The normalized spacial score (nSPS) is 11.0. The lowest BCUT2D eigenvalue weighted by molar-refractivity contribution is 0.0696. The lowest BCUT2D eigenvalue weighted by atomic mass is 9.98. The molecule has 0 fully saturated rings. The third-order valence-electron chi connectivity index (χ3n) is 6.91. The van der Waals surface area contributed by atoms with Gasteiger partial charge in [-0.15, -0.1) is 5.10 Å².